The third-order valence-electron chi connectivity index (χ3n) is 3.74. The highest BCUT2D eigenvalue weighted by molar-refractivity contribution is 6.33. The zero-order valence-electron chi connectivity index (χ0n) is 12.5. The van der Waals surface area contributed by atoms with Crippen molar-refractivity contribution in [1.29, 1.82) is 0 Å². The Kier molecular flexibility index (Phi) is 4.64. The van der Waals surface area contributed by atoms with Gasteiger partial charge in [0.2, 0.25) is 0 Å². The molecule has 0 spiro atoms. The molecule has 1 aliphatic rings. The smallest absolute Gasteiger partial charge is 0.322 e. The second-order valence-corrected chi connectivity index (χ2v) is 6.19. The van der Waals surface area contributed by atoms with Gasteiger partial charge in [-0.15, -0.1) is 0 Å². The van der Waals surface area contributed by atoms with Gasteiger partial charge in [0.1, 0.15) is 5.75 Å². The van der Waals surface area contributed by atoms with Crippen molar-refractivity contribution in [2.24, 2.45) is 0 Å². The number of aliphatic hydroxyl groups is 1. The molecule has 1 fully saturated rings. The first-order valence-corrected chi connectivity index (χ1v) is 7.34. The van der Waals surface area contributed by atoms with Crippen molar-refractivity contribution in [1.82, 2.24) is 4.90 Å². The topological polar surface area (TPSA) is 61.8 Å². The number of nitrogens with one attached hydrogen (secondary N) is 1. The molecule has 21 heavy (non-hydrogen) atoms. The molecule has 0 unspecified atom stereocenters. The van der Waals surface area contributed by atoms with Crippen LogP contribution in [-0.4, -0.2) is 41.3 Å². The Morgan fingerprint density at radius 1 is 1.52 bits per heavy atom. The number of carbonyl (C=O) groups excluding carboxylic acids is 1. The molecule has 2 rings (SSSR count). The van der Waals surface area contributed by atoms with Crippen LogP contribution in [0.3, 0.4) is 0 Å². The number of nitrogens with zero attached hydrogens (tertiary/aromatic N) is 1. The van der Waals surface area contributed by atoms with Crippen LogP contribution in [-0.2, 0) is 0 Å². The number of halogens is 1. The van der Waals surface area contributed by atoms with Gasteiger partial charge >= 0.3 is 6.03 Å². The van der Waals surface area contributed by atoms with E-state index in [-0.39, 0.29) is 12.1 Å². The molecule has 1 aromatic carbocycles. The fourth-order valence-electron chi connectivity index (χ4n) is 2.66. The largest absolute Gasteiger partial charge is 0.497 e. The van der Waals surface area contributed by atoms with Crippen molar-refractivity contribution in [3.05, 3.63) is 23.2 Å². The van der Waals surface area contributed by atoms with Crippen molar-refractivity contribution >= 4 is 23.3 Å². The highest BCUT2D eigenvalue weighted by Gasteiger charge is 2.38. The fraction of sp³-hybridized carbons (Fsp3) is 0.533. The van der Waals surface area contributed by atoms with Crippen LogP contribution in [0.25, 0.3) is 0 Å². The monoisotopic (exact) mass is 312 g/mol. The maximum atomic E-state index is 12.4. The molecule has 0 aliphatic carbocycles. The van der Waals surface area contributed by atoms with Crippen LogP contribution in [0.4, 0.5) is 10.5 Å². The summed E-state index contributed by atoms with van der Waals surface area (Å²) in [7, 11) is 1.56. The first-order valence-electron chi connectivity index (χ1n) is 6.96. The number of rotatable bonds is 3. The first-order chi connectivity index (χ1) is 9.82. The van der Waals surface area contributed by atoms with Gasteiger partial charge < -0.3 is 20.1 Å². The summed E-state index contributed by atoms with van der Waals surface area (Å²) in [6, 6.07) is 4.63. The van der Waals surface area contributed by atoms with Gasteiger partial charge in [-0.2, -0.15) is 0 Å². The maximum Gasteiger partial charge on any atom is 0.322 e. The van der Waals surface area contributed by atoms with Crippen molar-refractivity contribution in [2.45, 2.75) is 38.3 Å². The third-order valence-corrected chi connectivity index (χ3v) is 4.07. The van der Waals surface area contributed by atoms with Crippen molar-refractivity contribution in [3.8, 4) is 5.75 Å². The summed E-state index contributed by atoms with van der Waals surface area (Å²) in [6.45, 7) is 4.08. The number of methoxy groups -OCH3 is 1. The summed E-state index contributed by atoms with van der Waals surface area (Å²) in [4.78, 5) is 14.1. The minimum atomic E-state index is -0.925. The number of anilines is 1. The van der Waals surface area contributed by atoms with E-state index in [4.69, 9.17) is 16.3 Å². The Morgan fingerprint density at radius 3 is 2.86 bits per heavy atom. The molecule has 6 heteroatoms. The summed E-state index contributed by atoms with van der Waals surface area (Å²) in [5, 5.41) is 13.4. The molecule has 1 saturated heterocycles. The van der Waals surface area contributed by atoms with Crippen LogP contribution in [0.1, 0.15) is 26.7 Å². The number of likely N-dealkylation sites (tertiary alicyclic amines) is 1. The summed E-state index contributed by atoms with van der Waals surface area (Å²) >= 11 is 6.09. The van der Waals surface area contributed by atoms with E-state index in [0.29, 0.717) is 23.0 Å². The molecule has 0 aromatic heterocycles. The number of amides is 2. The molecule has 0 bridgehead atoms. The van der Waals surface area contributed by atoms with Gasteiger partial charge in [-0.1, -0.05) is 11.6 Å². The summed E-state index contributed by atoms with van der Waals surface area (Å²) < 4.78 is 5.13. The highest BCUT2D eigenvalue weighted by Crippen LogP contribution is 2.30. The van der Waals surface area contributed by atoms with Gasteiger partial charge in [-0.05, 0) is 38.8 Å². The van der Waals surface area contributed by atoms with Crippen molar-refractivity contribution < 1.29 is 14.6 Å². The third kappa shape index (κ3) is 3.60. The number of hydrogen-bond donors (Lipinski definition) is 2. The molecular formula is C15H21ClN2O3. The standard InChI is InChI=1S/C15H21ClN2O3/c1-15(2,20)13-5-4-8-18(13)14(19)17-12-9-10(21-3)6-7-11(12)16/h6-7,9,13,20H,4-5,8H2,1-3H3,(H,17,19)/t13-/m1/s1. The predicted molar refractivity (Wildman–Crippen MR) is 83.0 cm³/mol. The molecule has 0 radical (unpaired) electrons. The van der Waals surface area contributed by atoms with Crippen LogP contribution in [0.15, 0.2) is 18.2 Å². The van der Waals surface area contributed by atoms with Crippen LogP contribution in [0.5, 0.6) is 5.75 Å². The molecule has 1 aliphatic heterocycles. The number of urea groups is 1. The van der Waals surface area contributed by atoms with Gasteiger partial charge in [-0.3, -0.25) is 0 Å². The lowest BCUT2D eigenvalue weighted by atomic mass is 9.97. The second-order valence-electron chi connectivity index (χ2n) is 5.78. The maximum absolute atomic E-state index is 12.4. The minimum Gasteiger partial charge on any atom is -0.497 e. The van der Waals surface area contributed by atoms with Gasteiger partial charge in [0.25, 0.3) is 0 Å². The number of hydrogen-bond acceptors (Lipinski definition) is 3. The Labute approximate surface area is 129 Å². The molecule has 1 heterocycles. The van der Waals surface area contributed by atoms with E-state index in [1.807, 2.05) is 0 Å². The fourth-order valence-corrected chi connectivity index (χ4v) is 2.82. The molecule has 1 atom stereocenters. The number of carbonyl (C=O) groups is 1. The van der Waals surface area contributed by atoms with Crippen LogP contribution < -0.4 is 10.1 Å². The van der Waals surface area contributed by atoms with Crippen LogP contribution in [0, 0.1) is 0 Å². The summed E-state index contributed by atoms with van der Waals surface area (Å²) in [5.74, 6) is 0.621. The minimum absolute atomic E-state index is 0.193. The Balaban J connectivity index is 2.14. The lowest BCUT2D eigenvalue weighted by Crippen LogP contribution is -2.49. The Hall–Kier alpha value is -1.46. The molecule has 5 nitrogen and oxygen atoms in total. The Morgan fingerprint density at radius 2 is 2.24 bits per heavy atom. The second kappa shape index (κ2) is 6.12. The quantitative estimate of drug-likeness (QED) is 0.901. The molecule has 1 aromatic rings. The lowest BCUT2D eigenvalue weighted by molar-refractivity contribution is 0.0117. The predicted octanol–water partition coefficient (Wildman–Crippen LogP) is 3.12. The normalized spacial score (nSPS) is 18.7. The SMILES string of the molecule is COc1ccc(Cl)c(NC(=O)N2CCC[C@@H]2C(C)(C)O)c1. The zero-order chi connectivity index (χ0) is 15.6. The van der Waals surface area contributed by atoms with Gasteiger partial charge in [-0.25, -0.2) is 4.79 Å². The zero-order valence-corrected chi connectivity index (χ0v) is 13.3. The average molecular weight is 313 g/mol. The average Bonchev–Trinajstić information content (AvgIpc) is 2.90. The van der Waals surface area contributed by atoms with E-state index in [1.165, 1.54) is 0 Å². The lowest BCUT2D eigenvalue weighted by Gasteiger charge is -2.33. The van der Waals surface area contributed by atoms with E-state index >= 15 is 0 Å². The van der Waals surface area contributed by atoms with E-state index in [1.54, 1.807) is 44.1 Å². The van der Waals surface area contributed by atoms with E-state index in [9.17, 15) is 9.90 Å². The van der Waals surface area contributed by atoms with Crippen molar-refractivity contribution in [2.75, 3.05) is 19.0 Å². The summed E-state index contributed by atoms with van der Waals surface area (Å²) in [5.41, 5.74) is -0.422. The van der Waals surface area contributed by atoms with E-state index in [0.717, 1.165) is 12.8 Å². The van der Waals surface area contributed by atoms with E-state index in [2.05, 4.69) is 5.32 Å². The summed E-state index contributed by atoms with van der Waals surface area (Å²) in [6.07, 6.45) is 1.68. The molecule has 2 amide bonds. The van der Waals surface area contributed by atoms with E-state index < -0.39 is 5.60 Å². The molecule has 0 saturated carbocycles. The van der Waals surface area contributed by atoms with Gasteiger partial charge in [0.05, 0.1) is 29.5 Å². The van der Waals surface area contributed by atoms with Gasteiger partial charge in [0.15, 0.2) is 0 Å². The Bertz CT molecular complexity index is 528. The van der Waals surface area contributed by atoms with Crippen molar-refractivity contribution in [3.63, 3.8) is 0 Å². The van der Waals surface area contributed by atoms with Crippen LogP contribution >= 0.6 is 11.6 Å². The first kappa shape index (κ1) is 15.9. The highest BCUT2D eigenvalue weighted by atomic mass is 35.5. The molecular weight excluding hydrogens is 292 g/mol. The molecule has 116 valence electrons. The molecule has 2 N–H and O–H groups in total. The van der Waals surface area contributed by atoms with Gasteiger partial charge in [0, 0.05) is 12.6 Å². The number of benzene rings is 1. The number of ether oxygens (including phenoxy) is 1. The van der Waals surface area contributed by atoms with Crippen LogP contribution in [0.2, 0.25) is 5.02 Å².